The number of rotatable bonds is 4. The minimum absolute atomic E-state index is 0.121. The number of nitrogens with zero attached hydrogens (tertiary/aromatic N) is 3. The SMILES string of the molecule is Cn1ccc2cc(CN3CCC(C(N)=O)(N4CCCCC4)CC3)ccc21. The number of carbonyl (C=O) groups excluding carboxylic acids is 1. The van der Waals surface area contributed by atoms with Crippen LogP contribution in [0.4, 0.5) is 0 Å². The Bertz CT molecular complexity index is 782. The molecule has 2 fully saturated rings. The first kappa shape index (κ1) is 17.6. The smallest absolute Gasteiger partial charge is 0.238 e. The number of carbonyl (C=O) groups is 1. The quantitative estimate of drug-likeness (QED) is 0.918. The molecule has 0 atom stereocenters. The topological polar surface area (TPSA) is 54.5 Å². The molecule has 2 aromatic rings. The number of hydrogen-bond donors (Lipinski definition) is 1. The van der Waals surface area contributed by atoms with E-state index in [-0.39, 0.29) is 5.91 Å². The van der Waals surface area contributed by atoms with Crippen LogP contribution in [0, 0.1) is 0 Å². The normalized spacial score (nSPS) is 21.9. The zero-order valence-electron chi connectivity index (χ0n) is 15.8. The molecule has 1 aromatic carbocycles. The maximum Gasteiger partial charge on any atom is 0.238 e. The van der Waals surface area contributed by atoms with Crippen molar-refractivity contribution in [2.75, 3.05) is 26.2 Å². The molecule has 0 radical (unpaired) electrons. The Labute approximate surface area is 155 Å². The van der Waals surface area contributed by atoms with Crippen LogP contribution in [-0.2, 0) is 18.4 Å². The molecule has 0 unspecified atom stereocenters. The highest BCUT2D eigenvalue weighted by molar-refractivity contribution is 5.85. The van der Waals surface area contributed by atoms with E-state index in [1.54, 1.807) is 0 Å². The molecule has 1 amide bonds. The van der Waals surface area contributed by atoms with Crippen molar-refractivity contribution in [3.8, 4) is 0 Å². The predicted molar refractivity (Wildman–Crippen MR) is 105 cm³/mol. The van der Waals surface area contributed by atoms with E-state index in [2.05, 4.69) is 51.9 Å². The van der Waals surface area contributed by atoms with E-state index in [0.29, 0.717) is 0 Å². The van der Waals surface area contributed by atoms with Crippen LogP contribution in [0.5, 0.6) is 0 Å². The van der Waals surface area contributed by atoms with Gasteiger partial charge in [0.15, 0.2) is 0 Å². The van der Waals surface area contributed by atoms with Crippen LogP contribution in [0.25, 0.3) is 10.9 Å². The van der Waals surface area contributed by atoms with Gasteiger partial charge in [-0.25, -0.2) is 0 Å². The van der Waals surface area contributed by atoms with Crippen molar-refractivity contribution in [2.24, 2.45) is 12.8 Å². The molecule has 0 bridgehead atoms. The number of benzene rings is 1. The predicted octanol–water partition coefficient (Wildman–Crippen LogP) is 2.48. The van der Waals surface area contributed by atoms with Crippen molar-refractivity contribution in [1.82, 2.24) is 14.4 Å². The molecule has 0 saturated carbocycles. The Kier molecular flexibility index (Phi) is 4.76. The van der Waals surface area contributed by atoms with Gasteiger partial charge in [0.2, 0.25) is 5.91 Å². The Morgan fingerprint density at radius 2 is 1.81 bits per heavy atom. The molecule has 4 rings (SSSR count). The summed E-state index contributed by atoms with van der Waals surface area (Å²) in [5, 5.41) is 1.29. The largest absolute Gasteiger partial charge is 0.368 e. The minimum atomic E-state index is -0.416. The van der Waals surface area contributed by atoms with Gasteiger partial charge >= 0.3 is 0 Å². The second-order valence-electron chi connectivity index (χ2n) is 8.04. The standard InChI is InChI=1S/C21H30N4O/c1-23-12-7-18-15-17(5-6-19(18)23)16-24-13-8-21(9-14-24,20(22)26)25-10-3-2-4-11-25/h5-7,12,15H,2-4,8-11,13-14,16H2,1H3,(H2,22,26). The van der Waals surface area contributed by atoms with Crippen molar-refractivity contribution in [2.45, 2.75) is 44.2 Å². The highest BCUT2D eigenvalue weighted by atomic mass is 16.1. The molecule has 140 valence electrons. The number of fused-ring (bicyclic) bond motifs is 1. The van der Waals surface area contributed by atoms with Gasteiger partial charge in [0.05, 0.1) is 0 Å². The number of aromatic nitrogens is 1. The number of nitrogens with two attached hydrogens (primary N) is 1. The van der Waals surface area contributed by atoms with E-state index >= 15 is 0 Å². The van der Waals surface area contributed by atoms with Gasteiger partial charge in [-0.05, 0) is 67.9 Å². The van der Waals surface area contributed by atoms with Crippen LogP contribution in [0.2, 0.25) is 0 Å². The van der Waals surface area contributed by atoms with Crippen LogP contribution < -0.4 is 5.73 Å². The first-order chi connectivity index (χ1) is 12.6. The number of amides is 1. The second-order valence-corrected chi connectivity index (χ2v) is 8.04. The van der Waals surface area contributed by atoms with E-state index in [0.717, 1.165) is 45.6 Å². The van der Waals surface area contributed by atoms with Gasteiger partial charge < -0.3 is 10.3 Å². The molecular formula is C21H30N4O. The fraction of sp³-hybridized carbons (Fsp3) is 0.571. The molecule has 5 heteroatoms. The maximum atomic E-state index is 12.3. The third-order valence-corrected chi connectivity index (χ3v) is 6.46. The summed E-state index contributed by atoms with van der Waals surface area (Å²) in [6.07, 6.45) is 7.48. The average Bonchev–Trinajstić information content (AvgIpc) is 3.03. The average molecular weight is 354 g/mol. The van der Waals surface area contributed by atoms with Crippen LogP contribution in [0.1, 0.15) is 37.7 Å². The van der Waals surface area contributed by atoms with E-state index in [1.807, 2.05) is 0 Å². The summed E-state index contributed by atoms with van der Waals surface area (Å²) < 4.78 is 2.15. The summed E-state index contributed by atoms with van der Waals surface area (Å²) in [5.74, 6) is -0.121. The lowest BCUT2D eigenvalue weighted by atomic mass is 9.83. The third-order valence-electron chi connectivity index (χ3n) is 6.46. The number of aryl methyl sites for hydroxylation is 1. The zero-order chi connectivity index (χ0) is 18.1. The Morgan fingerprint density at radius 3 is 2.50 bits per heavy atom. The first-order valence-corrected chi connectivity index (χ1v) is 9.90. The lowest BCUT2D eigenvalue weighted by Gasteiger charge is -2.48. The Hall–Kier alpha value is -1.85. The molecule has 5 nitrogen and oxygen atoms in total. The van der Waals surface area contributed by atoms with Crippen LogP contribution in [0.3, 0.4) is 0 Å². The van der Waals surface area contributed by atoms with E-state index in [1.165, 1.54) is 35.7 Å². The van der Waals surface area contributed by atoms with Gasteiger partial charge in [0, 0.05) is 38.4 Å². The molecule has 0 aliphatic carbocycles. The Balaban J connectivity index is 1.43. The van der Waals surface area contributed by atoms with Crippen LogP contribution >= 0.6 is 0 Å². The highest BCUT2D eigenvalue weighted by Crippen LogP contribution is 2.32. The third kappa shape index (κ3) is 3.14. The molecule has 3 heterocycles. The number of piperidine rings is 2. The molecule has 26 heavy (non-hydrogen) atoms. The van der Waals surface area contributed by atoms with E-state index < -0.39 is 5.54 Å². The van der Waals surface area contributed by atoms with E-state index in [4.69, 9.17) is 5.73 Å². The Morgan fingerprint density at radius 1 is 1.08 bits per heavy atom. The lowest BCUT2D eigenvalue weighted by molar-refractivity contribution is -0.135. The number of likely N-dealkylation sites (tertiary alicyclic amines) is 2. The summed E-state index contributed by atoms with van der Waals surface area (Å²) in [6, 6.07) is 8.89. The van der Waals surface area contributed by atoms with Crippen LogP contribution in [0.15, 0.2) is 30.5 Å². The summed E-state index contributed by atoms with van der Waals surface area (Å²) in [6.45, 7) is 4.86. The van der Waals surface area contributed by atoms with Crippen LogP contribution in [-0.4, -0.2) is 52.0 Å². The lowest BCUT2D eigenvalue weighted by Crippen LogP contribution is -2.63. The minimum Gasteiger partial charge on any atom is -0.368 e. The molecule has 2 saturated heterocycles. The van der Waals surface area contributed by atoms with Gasteiger partial charge in [-0.3, -0.25) is 14.6 Å². The van der Waals surface area contributed by atoms with Crippen molar-refractivity contribution in [1.29, 1.82) is 0 Å². The van der Waals surface area contributed by atoms with Crippen molar-refractivity contribution in [3.05, 3.63) is 36.0 Å². The van der Waals surface area contributed by atoms with Gasteiger partial charge in [0.1, 0.15) is 5.54 Å². The maximum absolute atomic E-state index is 12.3. The summed E-state index contributed by atoms with van der Waals surface area (Å²) >= 11 is 0. The van der Waals surface area contributed by atoms with Crippen molar-refractivity contribution >= 4 is 16.8 Å². The van der Waals surface area contributed by atoms with Crippen molar-refractivity contribution in [3.63, 3.8) is 0 Å². The fourth-order valence-electron chi connectivity index (χ4n) is 4.81. The zero-order valence-corrected chi connectivity index (χ0v) is 15.8. The van der Waals surface area contributed by atoms with Gasteiger partial charge in [-0.15, -0.1) is 0 Å². The molecule has 2 aliphatic rings. The highest BCUT2D eigenvalue weighted by Gasteiger charge is 2.44. The molecule has 1 aromatic heterocycles. The monoisotopic (exact) mass is 354 g/mol. The van der Waals surface area contributed by atoms with Gasteiger partial charge in [-0.1, -0.05) is 12.5 Å². The van der Waals surface area contributed by atoms with Gasteiger partial charge in [-0.2, -0.15) is 0 Å². The van der Waals surface area contributed by atoms with Crippen molar-refractivity contribution < 1.29 is 4.79 Å². The fourth-order valence-corrected chi connectivity index (χ4v) is 4.81. The first-order valence-electron chi connectivity index (χ1n) is 9.90. The summed E-state index contributed by atoms with van der Waals surface area (Å²) in [5.41, 5.74) is 8.09. The summed E-state index contributed by atoms with van der Waals surface area (Å²) in [7, 11) is 2.08. The molecule has 2 N–H and O–H groups in total. The molecule has 0 spiro atoms. The second kappa shape index (κ2) is 7.05. The number of primary amides is 1. The summed E-state index contributed by atoms with van der Waals surface area (Å²) in [4.78, 5) is 17.2. The molecular weight excluding hydrogens is 324 g/mol. The molecule has 2 aliphatic heterocycles. The number of hydrogen-bond acceptors (Lipinski definition) is 3. The van der Waals surface area contributed by atoms with Gasteiger partial charge in [0.25, 0.3) is 0 Å². The van der Waals surface area contributed by atoms with E-state index in [9.17, 15) is 4.79 Å².